The Balaban J connectivity index is 2.48. The number of benzene rings is 1. The first-order chi connectivity index (χ1) is 8.09. The summed E-state index contributed by atoms with van der Waals surface area (Å²) in [6, 6.07) is 6.62. The molecule has 0 amide bonds. The lowest BCUT2D eigenvalue weighted by Crippen LogP contribution is -2.04. The lowest BCUT2D eigenvalue weighted by Gasteiger charge is -2.06. The second-order valence-electron chi connectivity index (χ2n) is 3.64. The Morgan fingerprint density at radius 2 is 1.94 bits per heavy atom. The molecule has 0 aliphatic carbocycles. The molecule has 2 nitrogen and oxygen atoms in total. The van der Waals surface area contributed by atoms with Crippen LogP contribution in [0.4, 0.5) is 0 Å². The van der Waals surface area contributed by atoms with Crippen molar-refractivity contribution in [2.24, 2.45) is 0 Å². The van der Waals surface area contributed by atoms with Gasteiger partial charge in [-0.15, -0.1) is 0 Å². The van der Waals surface area contributed by atoms with Crippen LogP contribution >= 0.6 is 23.2 Å². The number of halogens is 2. The van der Waals surface area contributed by atoms with Crippen LogP contribution in [0.2, 0.25) is 10.0 Å². The minimum atomic E-state index is -0.141. The maximum atomic E-state index is 12.2. The van der Waals surface area contributed by atoms with Gasteiger partial charge in [0, 0.05) is 28.5 Å². The van der Waals surface area contributed by atoms with Gasteiger partial charge in [0.1, 0.15) is 0 Å². The summed E-state index contributed by atoms with van der Waals surface area (Å²) >= 11 is 11.8. The molecule has 2 rings (SSSR count). The standard InChI is InChI=1S/C13H9Cl2NO/c1-8-4-5-16-7-11(8)13(17)10-3-2-9(14)6-12(10)15/h2-7H,1H3. The fourth-order valence-electron chi connectivity index (χ4n) is 1.52. The summed E-state index contributed by atoms with van der Waals surface area (Å²) in [5.41, 5.74) is 1.86. The Hall–Kier alpha value is -1.38. The molecule has 0 saturated carbocycles. The van der Waals surface area contributed by atoms with Crippen molar-refractivity contribution in [1.82, 2.24) is 4.98 Å². The Kier molecular flexibility index (Phi) is 3.46. The number of rotatable bonds is 2. The molecule has 4 heteroatoms. The second kappa shape index (κ2) is 4.86. The molecule has 0 fully saturated rings. The van der Waals surface area contributed by atoms with Crippen LogP contribution in [-0.4, -0.2) is 10.8 Å². The van der Waals surface area contributed by atoms with E-state index in [1.807, 2.05) is 6.92 Å². The molecule has 0 unspecified atom stereocenters. The van der Waals surface area contributed by atoms with Gasteiger partial charge in [-0.2, -0.15) is 0 Å². The molecule has 86 valence electrons. The fraction of sp³-hybridized carbons (Fsp3) is 0.0769. The third-order valence-corrected chi connectivity index (χ3v) is 3.01. The number of carbonyl (C=O) groups excluding carboxylic acids is 1. The van der Waals surface area contributed by atoms with Gasteiger partial charge >= 0.3 is 0 Å². The summed E-state index contributed by atoms with van der Waals surface area (Å²) in [5.74, 6) is -0.141. The summed E-state index contributed by atoms with van der Waals surface area (Å²) < 4.78 is 0. The first-order valence-corrected chi connectivity index (χ1v) is 5.75. The molecule has 0 aliphatic rings. The highest BCUT2D eigenvalue weighted by Gasteiger charge is 2.15. The van der Waals surface area contributed by atoms with E-state index in [9.17, 15) is 4.79 Å². The zero-order valence-corrected chi connectivity index (χ0v) is 10.6. The predicted molar refractivity (Wildman–Crippen MR) is 68.9 cm³/mol. The SMILES string of the molecule is Cc1ccncc1C(=O)c1ccc(Cl)cc1Cl. The molecule has 0 aliphatic heterocycles. The number of carbonyl (C=O) groups is 1. The van der Waals surface area contributed by atoms with Crippen molar-refractivity contribution < 1.29 is 4.79 Å². The molecule has 17 heavy (non-hydrogen) atoms. The van der Waals surface area contributed by atoms with E-state index >= 15 is 0 Å². The fourth-order valence-corrected chi connectivity index (χ4v) is 2.01. The van der Waals surface area contributed by atoms with Gasteiger partial charge < -0.3 is 0 Å². The van der Waals surface area contributed by atoms with Crippen LogP contribution in [0.1, 0.15) is 21.5 Å². The smallest absolute Gasteiger partial charge is 0.196 e. The minimum absolute atomic E-state index is 0.141. The van der Waals surface area contributed by atoms with Crippen LogP contribution < -0.4 is 0 Å². The summed E-state index contributed by atoms with van der Waals surface area (Å²) in [4.78, 5) is 16.2. The Morgan fingerprint density at radius 3 is 2.59 bits per heavy atom. The van der Waals surface area contributed by atoms with E-state index in [1.165, 1.54) is 0 Å². The second-order valence-corrected chi connectivity index (χ2v) is 4.49. The van der Waals surface area contributed by atoms with Crippen LogP contribution in [0.15, 0.2) is 36.7 Å². The van der Waals surface area contributed by atoms with Crippen molar-refractivity contribution >= 4 is 29.0 Å². The van der Waals surface area contributed by atoms with E-state index in [-0.39, 0.29) is 5.78 Å². The van der Waals surface area contributed by atoms with E-state index < -0.39 is 0 Å². The molecule has 1 heterocycles. The lowest BCUT2D eigenvalue weighted by atomic mass is 10.0. The predicted octanol–water partition coefficient (Wildman–Crippen LogP) is 3.93. The molecule has 0 bridgehead atoms. The number of ketones is 1. The van der Waals surface area contributed by atoms with Gasteiger partial charge in [0.15, 0.2) is 5.78 Å². The maximum Gasteiger partial charge on any atom is 0.196 e. The summed E-state index contributed by atoms with van der Waals surface area (Å²) in [7, 11) is 0. The van der Waals surface area contributed by atoms with E-state index in [0.29, 0.717) is 21.2 Å². The number of pyridine rings is 1. The molecule has 0 N–H and O–H groups in total. The van der Waals surface area contributed by atoms with Crippen molar-refractivity contribution in [2.45, 2.75) is 6.92 Å². The number of aryl methyl sites for hydroxylation is 1. The Morgan fingerprint density at radius 1 is 1.18 bits per heavy atom. The van der Waals surface area contributed by atoms with Crippen LogP contribution in [0.3, 0.4) is 0 Å². The first-order valence-electron chi connectivity index (χ1n) is 5.00. The normalized spacial score (nSPS) is 10.3. The van der Waals surface area contributed by atoms with Crippen molar-refractivity contribution in [2.75, 3.05) is 0 Å². The van der Waals surface area contributed by atoms with Gasteiger partial charge in [0.2, 0.25) is 0 Å². The highest BCUT2D eigenvalue weighted by Crippen LogP contribution is 2.24. The number of hydrogen-bond acceptors (Lipinski definition) is 2. The minimum Gasteiger partial charge on any atom is -0.288 e. The Bertz CT molecular complexity index is 581. The zero-order chi connectivity index (χ0) is 12.4. The van der Waals surface area contributed by atoms with E-state index in [1.54, 1.807) is 36.7 Å². The van der Waals surface area contributed by atoms with Crippen molar-refractivity contribution in [1.29, 1.82) is 0 Å². The monoisotopic (exact) mass is 265 g/mol. The molecular weight excluding hydrogens is 257 g/mol. The third-order valence-electron chi connectivity index (χ3n) is 2.46. The maximum absolute atomic E-state index is 12.2. The third kappa shape index (κ3) is 2.48. The van der Waals surface area contributed by atoms with Crippen LogP contribution in [0.5, 0.6) is 0 Å². The van der Waals surface area contributed by atoms with Crippen molar-refractivity contribution in [3.63, 3.8) is 0 Å². The van der Waals surface area contributed by atoms with Crippen LogP contribution in [-0.2, 0) is 0 Å². The van der Waals surface area contributed by atoms with E-state index in [4.69, 9.17) is 23.2 Å². The van der Waals surface area contributed by atoms with Gasteiger partial charge in [-0.1, -0.05) is 23.2 Å². The first kappa shape index (κ1) is 12.1. The highest BCUT2D eigenvalue weighted by atomic mass is 35.5. The summed E-state index contributed by atoms with van der Waals surface area (Å²) in [6.07, 6.45) is 3.19. The molecule has 0 spiro atoms. The summed E-state index contributed by atoms with van der Waals surface area (Å²) in [6.45, 7) is 1.86. The average Bonchev–Trinajstić information content (AvgIpc) is 2.29. The van der Waals surface area contributed by atoms with Crippen LogP contribution in [0, 0.1) is 6.92 Å². The van der Waals surface area contributed by atoms with E-state index in [2.05, 4.69) is 4.98 Å². The summed E-state index contributed by atoms with van der Waals surface area (Å²) in [5, 5.41) is 0.861. The van der Waals surface area contributed by atoms with Gasteiger partial charge in [-0.25, -0.2) is 0 Å². The van der Waals surface area contributed by atoms with Gasteiger partial charge in [-0.3, -0.25) is 9.78 Å². The van der Waals surface area contributed by atoms with Gasteiger partial charge in [0.25, 0.3) is 0 Å². The quantitative estimate of drug-likeness (QED) is 0.771. The average molecular weight is 266 g/mol. The molecule has 0 atom stereocenters. The van der Waals surface area contributed by atoms with Gasteiger partial charge in [-0.05, 0) is 36.8 Å². The lowest BCUT2D eigenvalue weighted by molar-refractivity contribution is 0.103. The largest absolute Gasteiger partial charge is 0.288 e. The molecule has 1 aromatic heterocycles. The topological polar surface area (TPSA) is 30.0 Å². The molecule has 1 aromatic carbocycles. The Labute approximate surface area is 109 Å². The zero-order valence-electron chi connectivity index (χ0n) is 9.08. The number of nitrogens with zero attached hydrogens (tertiary/aromatic N) is 1. The van der Waals surface area contributed by atoms with Crippen LogP contribution in [0.25, 0.3) is 0 Å². The molecular formula is C13H9Cl2NO. The molecule has 0 saturated heterocycles. The van der Waals surface area contributed by atoms with Crippen molar-refractivity contribution in [3.8, 4) is 0 Å². The molecule has 0 radical (unpaired) electrons. The molecule has 2 aromatic rings. The van der Waals surface area contributed by atoms with Crippen molar-refractivity contribution in [3.05, 3.63) is 63.4 Å². The number of hydrogen-bond donors (Lipinski definition) is 0. The van der Waals surface area contributed by atoms with E-state index in [0.717, 1.165) is 5.56 Å². The highest BCUT2D eigenvalue weighted by molar-refractivity contribution is 6.37. The van der Waals surface area contributed by atoms with Gasteiger partial charge in [0.05, 0.1) is 5.02 Å². The number of aromatic nitrogens is 1.